The molecule has 2 rings (SSSR count). The number of nitrogens with zero attached hydrogens (tertiary/aromatic N) is 1. The van der Waals surface area contributed by atoms with E-state index >= 15 is 0 Å². The van der Waals surface area contributed by atoms with Crippen LogP contribution in [0.4, 0.5) is 0 Å². The molecule has 0 spiro atoms. The standard InChI is InChI=1S/C24H37NO2S2/c1-2-3-4-5-6-7-8-9-10-11-12-15-20-27-23(26)18-19-25-21-16-13-14-17-22(21)29-24(25)28/h13-14,16-17H,2-12,15,18-20H2,1H3. The number of thiazole rings is 1. The van der Waals surface area contributed by atoms with E-state index in [4.69, 9.17) is 17.0 Å². The molecule has 3 nitrogen and oxygen atoms in total. The molecule has 0 N–H and O–H groups in total. The van der Waals surface area contributed by atoms with Crippen molar-refractivity contribution < 1.29 is 9.53 Å². The number of ether oxygens (including phenoxy) is 1. The van der Waals surface area contributed by atoms with Gasteiger partial charge in [-0.25, -0.2) is 0 Å². The summed E-state index contributed by atoms with van der Waals surface area (Å²) >= 11 is 7.03. The minimum absolute atomic E-state index is 0.120. The summed E-state index contributed by atoms with van der Waals surface area (Å²) in [6.07, 6.45) is 16.1. The fourth-order valence-corrected chi connectivity index (χ4v) is 5.01. The minimum Gasteiger partial charge on any atom is -0.466 e. The zero-order valence-corrected chi connectivity index (χ0v) is 19.6. The Morgan fingerprint density at radius 2 is 1.52 bits per heavy atom. The average Bonchev–Trinajstić information content (AvgIpc) is 3.05. The molecule has 0 saturated heterocycles. The molecule has 0 amide bonds. The number of aromatic nitrogens is 1. The Morgan fingerprint density at radius 3 is 2.17 bits per heavy atom. The number of benzene rings is 1. The van der Waals surface area contributed by atoms with E-state index in [1.165, 1.54) is 68.9 Å². The summed E-state index contributed by atoms with van der Waals surface area (Å²) < 4.78 is 9.43. The van der Waals surface area contributed by atoms with Crippen LogP contribution in [0.5, 0.6) is 0 Å². The highest BCUT2D eigenvalue weighted by atomic mass is 32.1. The summed E-state index contributed by atoms with van der Waals surface area (Å²) in [5, 5.41) is 0. The number of hydrogen-bond donors (Lipinski definition) is 0. The molecule has 0 saturated carbocycles. The Kier molecular flexibility index (Phi) is 12.2. The third kappa shape index (κ3) is 9.43. The molecule has 0 unspecified atom stereocenters. The van der Waals surface area contributed by atoms with Gasteiger partial charge in [0.2, 0.25) is 0 Å². The maximum absolute atomic E-state index is 12.0. The molecule has 1 aromatic heterocycles. The van der Waals surface area contributed by atoms with Crippen LogP contribution in [-0.4, -0.2) is 17.1 Å². The summed E-state index contributed by atoms with van der Waals surface area (Å²) in [6, 6.07) is 8.14. The van der Waals surface area contributed by atoms with Crippen molar-refractivity contribution in [1.82, 2.24) is 4.57 Å². The molecule has 0 radical (unpaired) electrons. The molecule has 0 aliphatic rings. The number of para-hydroxylation sites is 1. The number of carbonyl (C=O) groups is 1. The number of fused-ring (bicyclic) bond motifs is 1. The first-order valence-corrected chi connectivity index (χ1v) is 12.7. The molecule has 0 aliphatic carbocycles. The largest absolute Gasteiger partial charge is 0.466 e. The number of esters is 1. The molecular weight excluding hydrogens is 398 g/mol. The van der Waals surface area contributed by atoms with E-state index in [-0.39, 0.29) is 5.97 Å². The highest BCUT2D eigenvalue weighted by molar-refractivity contribution is 7.73. The van der Waals surface area contributed by atoms with E-state index in [0.717, 1.165) is 22.3 Å². The van der Waals surface area contributed by atoms with Gasteiger partial charge in [0.25, 0.3) is 0 Å². The molecule has 0 bridgehead atoms. The highest BCUT2D eigenvalue weighted by Crippen LogP contribution is 2.23. The van der Waals surface area contributed by atoms with Crippen LogP contribution in [0.1, 0.15) is 90.4 Å². The Bertz CT molecular complexity index is 766. The van der Waals surface area contributed by atoms with E-state index in [1.807, 2.05) is 16.7 Å². The van der Waals surface area contributed by atoms with Crippen molar-refractivity contribution >= 4 is 39.7 Å². The molecule has 1 heterocycles. The van der Waals surface area contributed by atoms with Gasteiger partial charge in [-0.05, 0) is 30.8 Å². The lowest BCUT2D eigenvalue weighted by Gasteiger charge is -2.07. The van der Waals surface area contributed by atoms with E-state index in [0.29, 0.717) is 19.6 Å². The number of unbranched alkanes of at least 4 members (excludes halogenated alkanes) is 11. The number of hydrogen-bond acceptors (Lipinski definition) is 4. The molecule has 0 atom stereocenters. The quantitative estimate of drug-likeness (QED) is 0.152. The molecule has 1 aromatic carbocycles. The smallest absolute Gasteiger partial charge is 0.307 e. The van der Waals surface area contributed by atoms with Gasteiger partial charge in [0.1, 0.15) is 0 Å². The zero-order chi connectivity index (χ0) is 20.7. The second kappa shape index (κ2) is 14.7. The van der Waals surface area contributed by atoms with Gasteiger partial charge < -0.3 is 9.30 Å². The van der Waals surface area contributed by atoms with Crippen molar-refractivity contribution in [3.05, 3.63) is 28.2 Å². The first-order valence-electron chi connectivity index (χ1n) is 11.5. The van der Waals surface area contributed by atoms with Crippen molar-refractivity contribution in [3.63, 3.8) is 0 Å². The summed E-state index contributed by atoms with van der Waals surface area (Å²) in [5.74, 6) is -0.120. The Hall–Kier alpha value is -1.20. The lowest BCUT2D eigenvalue weighted by atomic mass is 10.1. The van der Waals surface area contributed by atoms with Gasteiger partial charge in [-0.3, -0.25) is 4.79 Å². The van der Waals surface area contributed by atoms with Crippen LogP contribution < -0.4 is 0 Å². The van der Waals surface area contributed by atoms with Crippen LogP contribution in [0.25, 0.3) is 10.2 Å². The predicted octanol–water partition coefficient (Wildman–Crippen LogP) is 8.07. The molecule has 0 fully saturated rings. The third-order valence-corrected chi connectivity index (χ3v) is 6.80. The summed E-state index contributed by atoms with van der Waals surface area (Å²) in [4.78, 5) is 12.0. The second-order valence-corrected chi connectivity index (χ2v) is 9.52. The minimum atomic E-state index is -0.120. The van der Waals surface area contributed by atoms with Crippen LogP contribution in [0.15, 0.2) is 24.3 Å². The van der Waals surface area contributed by atoms with Crippen LogP contribution in [0.3, 0.4) is 0 Å². The molecule has 162 valence electrons. The Balaban J connectivity index is 1.45. The Labute approximate surface area is 185 Å². The van der Waals surface area contributed by atoms with Crippen molar-refractivity contribution in [3.8, 4) is 0 Å². The van der Waals surface area contributed by atoms with Crippen LogP contribution in [0, 0.1) is 3.95 Å². The zero-order valence-electron chi connectivity index (χ0n) is 18.0. The van der Waals surface area contributed by atoms with Gasteiger partial charge in [0.15, 0.2) is 3.95 Å². The van der Waals surface area contributed by atoms with Gasteiger partial charge in [-0.2, -0.15) is 0 Å². The predicted molar refractivity (Wildman–Crippen MR) is 127 cm³/mol. The first kappa shape index (κ1) is 24.1. The van der Waals surface area contributed by atoms with Crippen molar-refractivity contribution in [1.29, 1.82) is 0 Å². The molecule has 29 heavy (non-hydrogen) atoms. The Morgan fingerprint density at radius 1 is 0.931 bits per heavy atom. The van der Waals surface area contributed by atoms with Crippen molar-refractivity contribution in [2.24, 2.45) is 0 Å². The molecule has 2 aromatic rings. The van der Waals surface area contributed by atoms with Crippen LogP contribution in [0.2, 0.25) is 0 Å². The lowest BCUT2D eigenvalue weighted by molar-refractivity contribution is -0.144. The van der Waals surface area contributed by atoms with Gasteiger partial charge in [0, 0.05) is 6.54 Å². The first-order chi connectivity index (χ1) is 14.2. The monoisotopic (exact) mass is 435 g/mol. The molecule has 0 aliphatic heterocycles. The summed E-state index contributed by atoms with van der Waals surface area (Å²) in [5.41, 5.74) is 1.11. The fourth-order valence-electron chi connectivity index (χ4n) is 3.63. The van der Waals surface area contributed by atoms with Crippen LogP contribution in [-0.2, 0) is 16.1 Å². The van der Waals surface area contributed by atoms with Gasteiger partial charge >= 0.3 is 5.97 Å². The maximum atomic E-state index is 12.0. The van der Waals surface area contributed by atoms with Gasteiger partial charge in [-0.1, -0.05) is 89.7 Å². The summed E-state index contributed by atoms with van der Waals surface area (Å²) in [6.45, 7) is 3.41. The topological polar surface area (TPSA) is 31.2 Å². The SMILES string of the molecule is CCCCCCCCCCCCCCOC(=O)CCn1c(=S)sc2ccccc21. The second-order valence-electron chi connectivity index (χ2n) is 7.85. The highest BCUT2D eigenvalue weighted by Gasteiger charge is 2.08. The fraction of sp³-hybridized carbons (Fsp3) is 0.667. The van der Waals surface area contributed by atoms with Crippen molar-refractivity contribution in [2.45, 2.75) is 96.9 Å². The van der Waals surface area contributed by atoms with E-state index < -0.39 is 0 Å². The molecular formula is C24H37NO2S2. The van der Waals surface area contributed by atoms with Gasteiger partial charge in [0.05, 0.1) is 23.2 Å². The molecule has 5 heteroatoms. The van der Waals surface area contributed by atoms with E-state index in [9.17, 15) is 4.79 Å². The average molecular weight is 436 g/mol. The maximum Gasteiger partial charge on any atom is 0.307 e. The van der Waals surface area contributed by atoms with Crippen molar-refractivity contribution in [2.75, 3.05) is 6.61 Å². The van der Waals surface area contributed by atoms with Crippen LogP contribution >= 0.6 is 23.6 Å². The third-order valence-electron chi connectivity index (χ3n) is 5.37. The summed E-state index contributed by atoms with van der Waals surface area (Å²) in [7, 11) is 0. The lowest BCUT2D eigenvalue weighted by Crippen LogP contribution is -2.10. The van der Waals surface area contributed by atoms with Gasteiger partial charge in [-0.15, -0.1) is 11.3 Å². The number of aryl methyl sites for hydroxylation is 1. The number of carbonyl (C=O) groups excluding carboxylic acids is 1. The number of rotatable bonds is 16. The van der Waals surface area contributed by atoms with E-state index in [2.05, 4.69) is 19.1 Å². The van der Waals surface area contributed by atoms with E-state index in [1.54, 1.807) is 11.3 Å². The normalized spacial score (nSPS) is 11.2.